The number of rotatable bonds is 39. The van der Waals surface area contributed by atoms with E-state index in [2.05, 4.69) is 0 Å². The van der Waals surface area contributed by atoms with E-state index < -0.39 is 167 Å². The van der Waals surface area contributed by atoms with E-state index in [1.807, 2.05) is 0 Å². The van der Waals surface area contributed by atoms with Crippen LogP contribution in [0.5, 0.6) is 23.0 Å². The largest absolute Gasteiger partial charge is 3.00 e. The fraction of sp³-hybridized carbons (Fsp3) is 0.480. The molecule has 0 aliphatic rings. The maximum absolute atomic E-state index is 11.5. The summed E-state index contributed by atoms with van der Waals surface area (Å²) < 4.78 is 136. The van der Waals surface area contributed by atoms with Gasteiger partial charge in [-0.15, -0.1) is 12.6 Å². The molecule has 1 radical (unpaired) electrons. The first-order valence-electron chi connectivity index (χ1n) is 27.2. The third-order valence-electron chi connectivity index (χ3n) is 12.2. The first-order valence-corrected chi connectivity index (χ1v) is 42.3. The van der Waals surface area contributed by atoms with Crippen molar-refractivity contribution >= 4 is 85.8 Å². The Hall–Kier alpha value is -3.12. The van der Waals surface area contributed by atoms with Crippen LogP contribution in [-0.2, 0) is 140 Å². The number of carboxylic acid groups (broad SMARTS) is 2. The second kappa shape index (κ2) is 51.4. The van der Waals surface area contributed by atoms with E-state index in [0.717, 1.165) is 23.1 Å². The van der Waals surface area contributed by atoms with Gasteiger partial charge in [0.25, 0.3) is 10.1 Å². The molecule has 0 bridgehead atoms. The number of phenols is 4. The molecule has 0 spiro atoms. The van der Waals surface area contributed by atoms with Crippen molar-refractivity contribution in [3.05, 3.63) is 113 Å². The molecule has 0 aromatic heterocycles. The smallest absolute Gasteiger partial charge is 0.508 e. The fourth-order valence-corrected chi connectivity index (χ4v) is 14.8. The van der Waals surface area contributed by atoms with Crippen molar-refractivity contribution in [1.82, 2.24) is 34.3 Å². The number of aliphatic carboxylic acids is 2. The summed E-state index contributed by atoms with van der Waals surface area (Å²) in [6.07, 6.45) is -6.38. The van der Waals surface area contributed by atoms with Crippen molar-refractivity contribution in [2.75, 3.05) is 109 Å². The number of benzene rings is 4. The topological polar surface area (TPSA) is 686 Å². The number of aromatic hydroxyl groups is 4. The molecule has 104 heavy (non-hydrogen) atoms. The minimum Gasteiger partial charge on any atom is -0.508 e. The molecular weight excluding hydrogens is 1710 g/mol. The van der Waals surface area contributed by atoms with E-state index in [4.69, 9.17) is 51.8 Å². The summed E-state index contributed by atoms with van der Waals surface area (Å²) in [6, 6.07) is 22.3. The molecule has 0 aliphatic carbocycles. The van der Waals surface area contributed by atoms with E-state index >= 15 is 0 Å². The van der Waals surface area contributed by atoms with E-state index in [1.165, 1.54) is 37.8 Å². The Morgan fingerprint density at radius 2 is 0.548 bits per heavy atom. The van der Waals surface area contributed by atoms with Gasteiger partial charge in [0, 0.05) is 135 Å². The van der Waals surface area contributed by atoms with Crippen LogP contribution in [0.2, 0.25) is 0 Å². The van der Waals surface area contributed by atoms with Gasteiger partial charge < -0.3 is 99.1 Å². The number of carbonyl (C=O) groups is 2. The summed E-state index contributed by atoms with van der Waals surface area (Å²) in [5.74, 6) is -2.62. The molecule has 0 fully saturated rings. The van der Waals surface area contributed by atoms with Crippen LogP contribution in [0.15, 0.2) is 95.9 Å². The summed E-state index contributed by atoms with van der Waals surface area (Å²) in [5.41, 5.74) is 1.50. The number of carboxylic acids is 2. The molecule has 4 rings (SSSR count). The zero-order valence-corrected chi connectivity index (χ0v) is 63.5. The third-order valence-corrected chi connectivity index (χ3v) is 18.5. The molecule has 0 amide bonds. The molecule has 21 N–H and O–H groups in total. The van der Waals surface area contributed by atoms with Gasteiger partial charge in [-0.2, -0.15) is 8.42 Å². The number of phenolic OH excluding ortho intramolecular Hbond substituents is 4. The Morgan fingerprint density at radius 1 is 0.346 bits per heavy atom. The maximum Gasteiger partial charge on any atom is 3.00 e. The maximum atomic E-state index is 11.5. The summed E-state index contributed by atoms with van der Waals surface area (Å²) in [7, 11) is -40.2. The second-order valence-corrected chi connectivity index (χ2v) is 34.3. The second-order valence-electron chi connectivity index (χ2n) is 21.2. The van der Waals surface area contributed by atoms with Gasteiger partial charge in [0.15, 0.2) is 0 Å². The van der Waals surface area contributed by atoms with E-state index in [9.17, 15) is 115 Å². The minimum absolute atomic E-state index is 0. The van der Waals surface area contributed by atoms with Crippen LogP contribution in [0.3, 0.4) is 0 Å². The van der Waals surface area contributed by atoms with Gasteiger partial charge in [-0.3, -0.25) is 80.4 Å². The molecule has 0 saturated carbocycles. The molecule has 0 atom stereocenters. The van der Waals surface area contributed by atoms with Crippen LogP contribution in [-0.4, -0.2) is 280 Å². The van der Waals surface area contributed by atoms with Gasteiger partial charge in [-0.1, -0.05) is 76.9 Å². The van der Waals surface area contributed by atoms with Crippen LogP contribution in [0.1, 0.15) is 44.5 Å². The van der Waals surface area contributed by atoms with Crippen LogP contribution in [0, 0.1) is 0 Å². The van der Waals surface area contributed by atoms with Crippen molar-refractivity contribution < 1.29 is 217 Å². The molecule has 0 unspecified atom stereocenters. The van der Waals surface area contributed by atoms with Crippen molar-refractivity contribution in [3.8, 4) is 23.0 Å². The number of hydrogen-bond donors (Lipinski definition) is 21. The molecule has 0 saturated heterocycles. The van der Waals surface area contributed by atoms with Crippen molar-refractivity contribution in [2.45, 2.75) is 53.4 Å². The average molecular weight is 1800 g/mol. The first kappa shape index (κ1) is 112. The SMILES string of the molecule is C.C.C.O=C(O)CN(CCN(CC(=O)O)Cc1cc(S(=O)(=O)O)ccc1O)Cc1ccccc1O.O=P(O)(O)CN(CCN(CP(=O)(O)O)CP(=O)(O)O)CCN(CP(=O)(O)O)CP(=O)(O)O.O=P(O)(O)CN(CCN(Cc1ccccc1O)CP(=O)(O)O)Cc1ccccc1O.O=S(=O)=O.[Fe+3].[Fe].[Fe]. The van der Waals surface area contributed by atoms with Crippen LogP contribution in [0.25, 0.3) is 0 Å². The van der Waals surface area contributed by atoms with Crippen molar-refractivity contribution in [2.24, 2.45) is 0 Å². The van der Waals surface area contributed by atoms with Gasteiger partial charge in [-0.05, 0) is 36.4 Å². The van der Waals surface area contributed by atoms with Crippen molar-refractivity contribution in [3.63, 3.8) is 0 Å². The average Bonchev–Trinajstić information content (AvgIpc) is 0.834. The summed E-state index contributed by atoms with van der Waals surface area (Å²) >= 11 is 0. The Balaban J connectivity index is -0.000000328. The van der Waals surface area contributed by atoms with E-state index in [-0.39, 0.29) is 161 Å². The standard InChI is InChI=1S/C20H24N2O9S.C18H26N2O8P2.C9H28N3O15P5.3CH4.3Fe.O3S/c23-17-4-2-1-3-14(17)10-21(12-19(25)26)7-8-22(13-20(27)28)11-15-9-16(32(29,30)31)5-6-18(15)24;21-17-7-3-1-5-15(17)11-19(13-29(23,24)25)9-10-20(14-30(26,27)28)12-16-6-2-4-8-18(16)22;13-28(14,15)5-10(1-3-11(6-29(16,17)18)7-30(19,20)21)2-4-12(8-31(22,23)24)9-32(25,26)27;;;;;;;1-4(2)3/h1-6,9,23-24H,7-8,10-13H2,(H,25,26)(H,27,28)(H,29,30,31);1-8,21-22H,9-14H2,(H2,23,24,25)(H2,26,27,28);1-9H2,(H2,13,14,15)(H2,16,17,18)(H2,19,20,21)(H2,22,23,24)(H2,25,26,27);3*1H4;;;;/q;;;;;;;;+3;. The number of para-hydroxylation sites is 3. The first-order chi connectivity index (χ1) is 44.6. The Bertz CT molecular complexity index is 3650. The normalized spacial score (nSPS) is 12.0. The van der Waals surface area contributed by atoms with Crippen molar-refractivity contribution in [1.29, 1.82) is 0 Å². The minimum atomic E-state index is -4.76. The van der Waals surface area contributed by atoms with Gasteiger partial charge in [0.05, 0.1) is 18.0 Å². The summed E-state index contributed by atoms with van der Waals surface area (Å²) in [6.45, 7) is -2.31. The Morgan fingerprint density at radius 3 is 0.798 bits per heavy atom. The molecule has 4 aromatic rings. The fourth-order valence-electron chi connectivity index (χ4n) is 8.54. The van der Waals surface area contributed by atoms with Gasteiger partial charge in [0.2, 0.25) is 0 Å². The number of hydrogen-bond acceptors (Lipinski definition) is 25. The van der Waals surface area contributed by atoms with Gasteiger partial charge in [0.1, 0.15) is 67.0 Å². The summed E-state index contributed by atoms with van der Waals surface area (Å²) in [5, 5.41) is 58.3. The Labute approximate surface area is 632 Å². The van der Waals surface area contributed by atoms with Gasteiger partial charge >= 0.3 is 92.8 Å². The molecule has 603 valence electrons. The quantitative estimate of drug-likeness (QED) is 0.0168. The van der Waals surface area contributed by atoms with E-state index in [1.54, 1.807) is 54.6 Å². The van der Waals surface area contributed by atoms with Crippen LogP contribution >= 0.6 is 53.2 Å². The predicted molar refractivity (Wildman–Crippen MR) is 362 cm³/mol. The summed E-state index contributed by atoms with van der Waals surface area (Å²) in [4.78, 5) is 159. The monoisotopic (exact) mass is 1800 g/mol. The Kier molecular flexibility index (Phi) is 55.2. The molecule has 54 heteroatoms. The van der Waals surface area contributed by atoms with E-state index in [0.29, 0.717) is 26.5 Å². The predicted octanol–water partition coefficient (Wildman–Crippen LogP) is 0.955. The zero-order valence-electron chi connectivity index (χ0n) is 52.3. The molecule has 42 nitrogen and oxygen atoms in total. The molecule has 4 aromatic carbocycles. The third kappa shape index (κ3) is 57.9. The molecule has 0 aliphatic heterocycles. The van der Waals surface area contributed by atoms with Gasteiger partial charge in [-0.25, -0.2) is 0 Å². The molecule has 0 heterocycles. The molecular formula is C50H90Fe3N7O35P7S2+3. The van der Waals surface area contributed by atoms with Crippen LogP contribution in [0.4, 0.5) is 0 Å². The zero-order chi connectivity index (χ0) is 75.4. The number of nitrogens with zero attached hydrogens (tertiary/aromatic N) is 7. The van der Waals surface area contributed by atoms with Crippen LogP contribution < -0.4 is 0 Å².